The normalized spacial score (nSPS) is 11.8. The number of nitrogen functional groups attached to an aromatic ring is 1. The van der Waals surface area contributed by atoms with Crippen molar-refractivity contribution in [1.82, 2.24) is 28.7 Å². The number of nitrogens with one attached hydrogen (secondary N) is 2. The third kappa shape index (κ3) is 5.08. The molecule has 0 saturated carbocycles. The van der Waals surface area contributed by atoms with E-state index >= 15 is 0 Å². The summed E-state index contributed by atoms with van der Waals surface area (Å²) in [5.41, 5.74) is 11.9. The lowest BCUT2D eigenvalue weighted by Gasteiger charge is -2.13. The van der Waals surface area contributed by atoms with E-state index in [2.05, 4.69) is 25.4 Å². The number of carbonyl (C=O) groups is 1. The molecule has 230 valence electrons. The van der Waals surface area contributed by atoms with E-state index in [0.29, 0.717) is 28.8 Å². The Bertz CT molecular complexity index is 2360. The molecule has 0 aliphatic rings. The number of H-pyrrole nitrogens is 1. The molecular weight excluding hydrogens is 600 g/mol. The van der Waals surface area contributed by atoms with Gasteiger partial charge in [0.15, 0.2) is 0 Å². The van der Waals surface area contributed by atoms with Gasteiger partial charge >= 0.3 is 0 Å². The Kier molecular flexibility index (Phi) is 7.13. The second kappa shape index (κ2) is 11.3. The lowest BCUT2D eigenvalue weighted by Crippen LogP contribution is -2.19. The standard InChI is InChI=1S/C34H30N8O3S/c1-21-6-9-25(10-7-21)46(44,45)42-31-5-3-4-28(37-17-14-23-12-15-36-16-13-23)26(31)19-32(42)33(43)27-20-38-41(34(27)35)24-8-11-29-30(18-24)40-22(2)39-29/h3-13,15-16,18-20,37H,14,17,35H2,1-2H3,(H,39,40). The highest BCUT2D eigenvalue weighted by atomic mass is 32.2. The van der Waals surface area contributed by atoms with Crippen molar-refractivity contribution in [3.63, 3.8) is 0 Å². The summed E-state index contributed by atoms with van der Waals surface area (Å²) in [7, 11) is -4.20. The number of nitrogens with two attached hydrogens (primary N) is 1. The molecule has 0 unspecified atom stereocenters. The van der Waals surface area contributed by atoms with Gasteiger partial charge in [0.25, 0.3) is 10.0 Å². The molecular formula is C34H30N8O3S. The van der Waals surface area contributed by atoms with E-state index in [1.165, 1.54) is 10.9 Å². The molecule has 0 bridgehead atoms. The zero-order valence-corrected chi connectivity index (χ0v) is 25.9. The maximum Gasteiger partial charge on any atom is 0.268 e. The van der Waals surface area contributed by atoms with E-state index in [1.807, 2.05) is 50.2 Å². The summed E-state index contributed by atoms with van der Waals surface area (Å²) in [6.45, 7) is 4.33. The minimum absolute atomic E-state index is 0.0511. The lowest BCUT2D eigenvalue weighted by atomic mass is 10.1. The topological polar surface area (TPSA) is 154 Å². The highest BCUT2D eigenvalue weighted by Gasteiger charge is 2.30. The van der Waals surface area contributed by atoms with Gasteiger partial charge in [0.2, 0.25) is 5.78 Å². The van der Waals surface area contributed by atoms with Crippen molar-refractivity contribution in [3.8, 4) is 5.69 Å². The number of aromatic nitrogens is 6. The lowest BCUT2D eigenvalue weighted by molar-refractivity contribution is 0.103. The second-order valence-corrected chi connectivity index (χ2v) is 12.9. The van der Waals surface area contributed by atoms with Crippen LogP contribution in [-0.4, -0.2) is 49.5 Å². The Labute approximate surface area is 264 Å². The zero-order chi connectivity index (χ0) is 32.0. The first-order valence-electron chi connectivity index (χ1n) is 14.6. The maximum atomic E-state index is 14.3. The van der Waals surface area contributed by atoms with Crippen LogP contribution < -0.4 is 11.1 Å². The molecule has 0 amide bonds. The minimum Gasteiger partial charge on any atom is -0.384 e. The van der Waals surface area contributed by atoms with Crippen LogP contribution in [0.15, 0.2) is 102 Å². The van der Waals surface area contributed by atoms with E-state index in [4.69, 9.17) is 5.73 Å². The first kappa shape index (κ1) is 29.0. The fraction of sp³-hybridized carbons (Fsp3) is 0.118. The van der Waals surface area contributed by atoms with E-state index in [9.17, 15) is 13.2 Å². The molecule has 46 heavy (non-hydrogen) atoms. The number of imidazole rings is 1. The van der Waals surface area contributed by atoms with Gasteiger partial charge in [0.05, 0.1) is 38.9 Å². The molecule has 4 N–H and O–H groups in total. The van der Waals surface area contributed by atoms with Crippen molar-refractivity contribution >= 4 is 49.2 Å². The minimum atomic E-state index is -4.20. The Morgan fingerprint density at radius 2 is 1.76 bits per heavy atom. The van der Waals surface area contributed by atoms with Crippen LogP contribution in [0, 0.1) is 13.8 Å². The van der Waals surface area contributed by atoms with Gasteiger partial charge in [-0.15, -0.1) is 0 Å². The molecule has 12 heteroatoms. The molecule has 0 spiro atoms. The second-order valence-electron chi connectivity index (χ2n) is 11.1. The Hall–Kier alpha value is -5.75. The molecule has 7 rings (SSSR count). The van der Waals surface area contributed by atoms with Gasteiger partial charge < -0.3 is 16.0 Å². The van der Waals surface area contributed by atoms with Gasteiger partial charge in [0.1, 0.15) is 17.3 Å². The average molecular weight is 631 g/mol. The van der Waals surface area contributed by atoms with Crippen LogP contribution in [0.2, 0.25) is 0 Å². The van der Waals surface area contributed by atoms with E-state index < -0.39 is 15.8 Å². The van der Waals surface area contributed by atoms with Crippen molar-refractivity contribution in [3.05, 3.63) is 126 Å². The summed E-state index contributed by atoms with van der Waals surface area (Å²) in [6.07, 6.45) is 5.59. The van der Waals surface area contributed by atoms with Crippen molar-refractivity contribution < 1.29 is 13.2 Å². The number of fused-ring (bicyclic) bond motifs is 2. The quantitative estimate of drug-likeness (QED) is 0.179. The number of pyridine rings is 1. The molecule has 4 heterocycles. The number of hydrogen-bond donors (Lipinski definition) is 3. The number of nitrogens with zero attached hydrogens (tertiary/aromatic N) is 5. The van der Waals surface area contributed by atoms with E-state index in [1.54, 1.807) is 54.9 Å². The third-order valence-corrected chi connectivity index (χ3v) is 9.69. The Morgan fingerprint density at radius 1 is 0.978 bits per heavy atom. The van der Waals surface area contributed by atoms with Crippen molar-refractivity contribution in [2.24, 2.45) is 0 Å². The molecule has 4 aromatic heterocycles. The van der Waals surface area contributed by atoms with Gasteiger partial charge in [0, 0.05) is 30.0 Å². The number of carbonyl (C=O) groups excluding carboxylic acids is 1. The fourth-order valence-corrected chi connectivity index (χ4v) is 7.12. The van der Waals surface area contributed by atoms with Crippen LogP contribution in [0.1, 0.15) is 33.0 Å². The summed E-state index contributed by atoms with van der Waals surface area (Å²) >= 11 is 0. The summed E-state index contributed by atoms with van der Waals surface area (Å²) in [6, 6.07) is 22.9. The first-order valence-corrected chi connectivity index (χ1v) is 16.1. The van der Waals surface area contributed by atoms with Crippen LogP contribution in [0.25, 0.3) is 27.6 Å². The molecule has 0 atom stereocenters. The van der Waals surface area contributed by atoms with E-state index in [0.717, 1.165) is 38.4 Å². The van der Waals surface area contributed by atoms with Gasteiger partial charge in [-0.3, -0.25) is 9.78 Å². The fourth-order valence-electron chi connectivity index (χ4n) is 5.62. The number of ketones is 1. The Morgan fingerprint density at radius 3 is 2.54 bits per heavy atom. The maximum absolute atomic E-state index is 14.3. The van der Waals surface area contributed by atoms with Crippen LogP contribution in [-0.2, 0) is 16.4 Å². The van der Waals surface area contributed by atoms with Crippen LogP contribution in [0.3, 0.4) is 0 Å². The summed E-state index contributed by atoms with van der Waals surface area (Å²) in [5, 5.41) is 8.41. The van der Waals surface area contributed by atoms with Crippen LogP contribution in [0.5, 0.6) is 0 Å². The van der Waals surface area contributed by atoms with Gasteiger partial charge in [-0.05, 0) is 86.5 Å². The van der Waals surface area contributed by atoms with Crippen molar-refractivity contribution in [1.29, 1.82) is 0 Å². The van der Waals surface area contributed by atoms with Gasteiger partial charge in [-0.1, -0.05) is 23.8 Å². The highest BCUT2D eigenvalue weighted by Crippen LogP contribution is 2.33. The predicted octanol–water partition coefficient (Wildman–Crippen LogP) is 5.42. The predicted molar refractivity (Wildman–Crippen MR) is 178 cm³/mol. The molecule has 0 radical (unpaired) electrons. The van der Waals surface area contributed by atoms with Crippen molar-refractivity contribution in [2.45, 2.75) is 25.2 Å². The third-order valence-electron chi connectivity index (χ3n) is 7.95. The molecule has 0 saturated heterocycles. The van der Waals surface area contributed by atoms with Gasteiger partial charge in [-0.25, -0.2) is 22.1 Å². The zero-order valence-electron chi connectivity index (χ0n) is 25.1. The summed E-state index contributed by atoms with van der Waals surface area (Å²) < 4.78 is 31.1. The summed E-state index contributed by atoms with van der Waals surface area (Å²) in [5.74, 6) is 0.281. The number of rotatable bonds is 9. The largest absolute Gasteiger partial charge is 0.384 e. The number of aromatic amines is 1. The van der Waals surface area contributed by atoms with Crippen LogP contribution in [0.4, 0.5) is 11.5 Å². The number of hydrogen-bond acceptors (Lipinski definition) is 8. The van der Waals surface area contributed by atoms with Crippen LogP contribution >= 0.6 is 0 Å². The molecule has 0 aliphatic heterocycles. The Balaban J connectivity index is 1.33. The van der Waals surface area contributed by atoms with Crippen molar-refractivity contribution in [2.75, 3.05) is 17.6 Å². The SMILES string of the molecule is Cc1ccc(S(=O)(=O)n2c(C(=O)c3cnn(-c4ccc5nc(C)[nH]c5c4)c3N)cc3c(NCCc4ccncc4)cccc32)cc1. The number of anilines is 2. The molecule has 0 fully saturated rings. The van der Waals surface area contributed by atoms with E-state index in [-0.39, 0.29) is 22.0 Å². The molecule has 0 aliphatic carbocycles. The molecule has 3 aromatic carbocycles. The van der Waals surface area contributed by atoms with Gasteiger partial charge in [-0.2, -0.15) is 5.10 Å². The smallest absolute Gasteiger partial charge is 0.268 e. The first-order chi connectivity index (χ1) is 22.2. The molecule has 7 aromatic rings. The monoisotopic (exact) mass is 630 g/mol. The number of aryl methyl sites for hydroxylation is 2. The number of benzene rings is 3. The highest BCUT2D eigenvalue weighted by molar-refractivity contribution is 7.90. The summed E-state index contributed by atoms with van der Waals surface area (Å²) in [4.78, 5) is 26.0. The average Bonchev–Trinajstić information content (AvgIpc) is 3.75. The molecule has 11 nitrogen and oxygen atoms in total.